The van der Waals surface area contributed by atoms with Gasteiger partial charge in [0.05, 0.1) is 0 Å². The molecule has 0 saturated carbocycles. The van der Waals surface area contributed by atoms with E-state index in [1.165, 1.54) is 15.9 Å². The molecule has 18 heavy (non-hydrogen) atoms. The monoisotopic (exact) mass is 252 g/mol. The van der Waals surface area contributed by atoms with Gasteiger partial charge in [-0.05, 0) is 19.3 Å². The molecule has 0 bridgehead atoms. The molecule has 1 unspecified atom stereocenters. The Morgan fingerprint density at radius 2 is 2.22 bits per heavy atom. The summed E-state index contributed by atoms with van der Waals surface area (Å²) in [5.74, 6) is -0.530. The maximum absolute atomic E-state index is 12.1. The summed E-state index contributed by atoms with van der Waals surface area (Å²) in [5.41, 5.74) is 10.7. The summed E-state index contributed by atoms with van der Waals surface area (Å²) in [5, 5.41) is 3.84. The number of nitrogen functional groups attached to an aromatic ring is 1. The van der Waals surface area contributed by atoms with Crippen LogP contribution in [0.2, 0.25) is 0 Å². The fraction of sp³-hybridized carbons (Fsp3) is 0.600. The molecular weight excluding hydrogens is 236 g/mol. The first-order valence-corrected chi connectivity index (χ1v) is 5.81. The summed E-state index contributed by atoms with van der Waals surface area (Å²) in [6.07, 6.45) is 3.81. The molecule has 1 aliphatic heterocycles. The van der Waals surface area contributed by atoms with Gasteiger partial charge in [0.15, 0.2) is 0 Å². The molecule has 1 saturated heterocycles. The molecule has 1 fully saturated rings. The number of nitrogens with zero attached hydrogens (tertiary/aromatic N) is 4. The quantitative estimate of drug-likeness (QED) is 0.694. The Hall–Kier alpha value is -2.12. The number of amides is 2. The van der Waals surface area contributed by atoms with Crippen LogP contribution >= 0.6 is 0 Å². The van der Waals surface area contributed by atoms with Crippen LogP contribution in [-0.4, -0.2) is 44.1 Å². The second kappa shape index (κ2) is 5.03. The predicted octanol–water partition coefficient (Wildman–Crippen LogP) is -1.27. The minimum atomic E-state index is -0.507. The van der Waals surface area contributed by atoms with Gasteiger partial charge < -0.3 is 16.4 Å². The van der Waals surface area contributed by atoms with Crippen molar-refractivity contribution in [3.05, 3.63) is 6.33 Å². The van der Waals surface area contributed by atoms with Crippen molar-refractivity contribution in [3.63, 3.8) is 0 Å². The standard InChI is InChI=1S/C10H16N6O2/c11-9(18)7-3-1-2-4-16(7)8(17)5-15-6-13-10(12)14-15/h6-7H,1-5H2,(H2,11,18)(H2,12,14). The highest BCUT2D eigenvalue weighted by atomic mass is 16.2. The molecule has 0 radical (unpaired) electrons. The number of hydrogen-bond acceptors (Lipinski definition) is 5. The van der Waals surface area contributed by atoms with E-state index in [4.69, 9.17) is 11.5 Å². The van der Waals surface area contributed by atoms with E-state index in [0.29, 0.717) is 13.0 Å². The van der Waals surface area contributed by atoms with Crippen LogP contribution in [0.1, 0.15) is 19.3 Å². The first-order valence-electron chi connectivity index (χ1n) is 5.81. The molecule has 2 rings (SSSR count). The molecule has 1 aromatic rings. The SMILES string of the molecule is NC(=O)C1CCCCN1C(=O)Cn1cnc(N)n1. The lowest BCUT2D eigenvalue weighted by atomic mass is 10.0. The summed E-state index contributed by atoms with van der Waals surface area (Å²) in [7, 11) is 0. The number of hydrogen-bond donors (Lipinski definition) is 2. The zero-order chi connectivity index (χ0) is 13.1. The smallest absolute Gasteiger partial charge is 0.245 e. The van der Waals surface area contributed by atoms with E-state index in [9.17, 15) is 9.59 Å². The number of primary amides is 1. The van der Waals surface area contributed by atoms with Crippen LogP contribution in [0, 0.1) is 0 Å². The number of carbonyl (C=O) groups excluding carboxylic acids is 2. The number of piperidine rings is 1. The topological polar surface area (TPSA) is 120 Å². The summed E-state index contributed by atoms with van der Waals surface area (Å²) < 4.78 is 1.35. The number of aromatic nitrogens is 3. The first kappa shape index (κ1) is 12.3. The van der Waals surface area contributed by atoms with Gasteiger partial charge >= 0.3 is 0 Å². The van der Waals surface area contributed by atoms with E-state index < -0.39 is 11.9 Å². The van der Waals surface area contributed by atoms with Crippen molar-refractivity contribution in [2.45, 2.75) is 31.8 Å². The third kappa shape index (κ3) is 2.58. The van der Waals surface area contributed by atoms with Crippen molar-refractivity contribution in [3.8, 4) is 0 Å². The van der Waals surface area contributed by atoms with Gasteiger partial charge in [0.25, 0.3) is 0 Å². The van der Waals surface area contributed by atoms with Gasteiger partial charge in [-0.2, -0.15) is 0 Å². The third-order valence-electron chi connectivity index (χ3n) is 3.00. The van der Waals surface area contributed by atoms with E-state index >= 15 is 0 Å². The van der Waals surface area contributed by atoms with Crippen LogP contribution < -0.4 is 11.5 Å². The Morgan fingerprint density at radius 1 is 1.44 bits per heavy atom. The molecule has 98 valence electrons. The van der Waals surface area contributed by atoms with Gasteiger partial charge in [-0.25, -0.2) is 9.67 Å². The largest absolute Gasteiger partial charge is 0.368 e. The van der Waals surface area contributed by atoms with Gasteiger partial charge in [-0.1, -0.05) is 0 Å². The van der Waals surface area contributed by atoms with Gasteiger partial charge in [0.1, 0.15) is 18.9 Å². The van der Waals surface area contributed by atoms with Crippen LogP contribution in [0.15, 0.2) is 6.33 Å². The predicted molar refractivity (Wildman–Crippen MR) is 63.0 cm³/mol. The molecule has 8 nitrogen and oxygen atoms in total. The average molecular weight is 252 g/mol. The summed E-state index contributed by atoms with van der Waals surface area (Å²) in [4.78, 5) is 28.6. The van der Waals surface area contributed by atoms with E-state index in [1.807, 2.05) is 0 Å². The fourth-order valence-corrected chi connectivity index (χ4v) is 2.14. The van der Waals surface area contributed by atoms with Crippen molar-refractivity contribution in [2.75, 3.05) is 12.3 Å². The number of rotatable bonds is 3. The number of anilines is 1. The average Bonchev–Trinajstić information content (AvgIpc) is 2.74. The van der Waals surface area contributed by atoms with E-state index in [0.717, 1.165) is 12.8 Å². The Balaban J connectivity index is 2.04. The molecule has 0 aliphatic carbocycles. The Kier molecular flexibility index (Phi) is 3.45. The molecule has 0 spiro atoms. The lowest BCUT2D eigenvalue weighted by molar-refractivity contribution is -0.141. The number of carbonyl (C=O) groups is 2. The second-order valence-corrected chi connectivity index (χ2v) is 4.30. The highest BCUT2D eigenvalue weighted by Crippen LogP contribution is 2.17. The molecule has 1 atom stereocenters. The lowest BCUT2D eigenvalue weighted by Crippen LogP contribution is -2.51. The molecule has 1 aromatic heterocycles. The molecule has 0 aromatic carbocycles. The molecule has 8 heteroatoms. The number of nitrogens with two attached hydrogens (primary N) is 2. The second-order valence-electron chi connectivity index (χ2n) is 4.30. The van der Waals surface area contributed by atoms with Crippen LogP contribution in [0.5, 0.6) is 0 Å². The first-order chi connectivity index (χ1) is 8.58. The van der Waals surface area contributed by atoms with Gasteiger partial charge in [-0.3, -0.25) is 9.59 Å². The minimum Gasteiger partial charge on any atom is -0.368 e. The van der Waals surface area contributed by atoms with Crippen LogP contribution in [0.4, 0.5) is 5.95 Å². The normalized spacial score (nSPS) is 19.8. The Labute approximate surface area is 104 Å². The van der Waals surface area contributed by atoms with Crippen molar-refractivity contribution in [1.29, 1.82) is 0 Å². The Bertz CT molecular complexity index is 457. The third-order valence-corrected chi connectivity index (χ3v) is 3.00. The van der Waals surface area contributed by atoms with Gasteiger partial charge in [0, 0.05) is 6.54 Å². The van der Waals surface area contributed by atoms with Crippen molar-refractivity contribution in [1.82, 2.24) is 19.7 Å². The van der Waals surface area contributed by atoms with Crippen LogP contribution in [0.25, 0.3) is 0 Å². The summed E-state index contributed by atoms with van der Waals surface area (Å²) in [6, 6.07) is -0.507. The van der Waals surface area contributed by atoms with Crippen LogP contribution in [0.3, 0.4) is 0 Å². The van der Waals surface area contributed by atoms with E-state index in [2.05, 4.69) is 10.1 Å². The maximum Gasteiger partial charge on any atom is 0.245 e. The van der Waals surface area contributed by atoms with Gasteiger partial charge in [-0.15, -0.1) is 5.10 Å². The highest BCUT2D eigenvalue weighted by Gasteiger charge is 2.30. The molecule has 2 amide bonds. The maximum atomic E-state index is 12.1. The van der Waals surface area contributed by atoms with Crippen molar-refractivity contribution in [2.24, 2.45) is 5.73 Å². The van der Waals surface area contributed by atoms with E-state index in [-0.39, 0.29) is 18.4 Å². The van der Waals surface area contributed by atoms with Crippen molar-refractivity contribution >= 4 is 17.8 Å². The highest BCUT2D eigenvalue weighted by molar-refractivity contribution is 5.86. The van der Waals surface area contributed by atoms with Gasteiger partial charge in [0.2, 0.25) is 17.8 Å². The van der Waals surface area contributed by atoms with E-state index in [1.54, 1.807) is 0 Å². The zero-order valence-electron chi connectivity index (χ0n) is 9.95. The van der Waals surface area contributed by atoms with Crippen molar-refractivity contribution < 1.29 is 9.59 Å². The van der Waals surface area contributed by atoms with Crippen LogP contribution in [-0.2, 0) is 16.1 Å². The zero-order valence-corrected chi connectivity index (χ0v) is 9.95. The minimum absolute atomic E-state index is 0.0218. The molecule has 1 aliphatic rings. The molecular formula is C10H16N6O2. The fourth-order valence-electron chi connectivity index (χ4n) is 2.14. The molecule has 2 heterocycles. The Morgan fingerprint density at radius 3 is 2.83 bits per heavy atom. The lowest BCUT2D eigenvalue weighted by Gasteiger charge is -2.33. The number of likely N-dealkylation sites (tertiary alicyclic amines) is 1. The molecule has 4 N–H and O–H groups in total. The summed E-state index contributed by atoms with van der Waals surface area (Å²) >= 11 is 0. The summed E-state index contributed by atoms with van der Waals surface area (Å²) in [6.45, 7) is 0.574.